The van der Waals surface area contributed by atoms with Crippen LogP contribution >= 0.6 is 34.7 Å². The number of carboxylic acids is 1. The molecule has 4 rings (SSSR count). The number of thiazole rings is 1. The minimum Gasteiger partial charge on any atom is -0.476 e. The molecule has 2 N–H and O–H groups in total. The highest BCUT2D eigenvalue weighted by molar-refractivity contribution is 8.00. The molecule has 11 heteroatoms. The summed E-state index contributed by atoms with van der Waals surface area (Å²) >= 11 is 9.08. The summed E-state index contributed by atoms with van der Waals surface area (Å²) in [7, 11) is 0. The van der Waals surface area contributed by atoms with Crippen molar-refractivity contribution in [2.24, 2.45) is 0 Å². The molecule has 0 bridgehead atoms. The number of ether oxygens (including phenoxy) is 1. The number of carbonyl (C=O) groups is 1. The number of carboxylic acid groups (broad SMARTS) is 1. The van der Waals surface area contributed by atoms with Crippen LogP contribution in [-0.4, -0.2) is 57.3 Å². The number of rotatable bonds is 5. The Kier molecular flexibility index (Phi) is 5.22. The number of anilines is 1. The molecule has 0 aliphatic carbocycles. The number of aromatic nitrogens is 4. The molecule has 1 fully saturated rings. The Morgan fingerprint density at radius 1 is 1.41 bits per heavy atom. The molecule has 4 heterocycles. The van der Waals surface area contributed by atoms with Crippen LogP contribution in [0.1, 0.15) is 23.1 Å². The molecule has 142 valence electrons. The van der Waals surface area contributed by atoms with Crippen LogP contribution in [0.15, 0.2) is 14.9 Å². The predicted molar refractivity (Wildman–Crippen MR) is 105 cm³/mol. The lowest BCUT2D eigenvalue weighted by Gasteiger charge is -2.28. The fourth-order valence-electron chi connectivity index (χ4n) is 2.84. The second-order valence-electron chi connectivity index (χ2n) is 5.83. The lowest BCUT2D eigenvalue weighted by Crippen LogP contribution is -2.37. The number of fused-ring (bicyclic) bond motifs is 1. The van der Waals surface area contributed by atoms with E-state index in [9.17, 15) is 4.79 Å². The van der Waals surface area contributed by atoms with Crippen LogP contribution in [0.25, 0.3) is 11.0 Å². The van der Waals surface area contributed by atoms with Gasteiger partial charge in [-0.1, -0.05) is 18.5 Å². The molecule has 0 spiro atoms. The molecule has 8 nitrogen and oxygen atoms in total. The number of hydrogen-bond donors (Lipinski definition) is 2. The second-order valence-corrected chi connectivity index (χ2v) is 8.28. The van der Waals surface area contributed by atoms with Gasteiger partial charge in [0.25, 0.3) is 0 Å². The predicted octanol–water partition coefficient (Wildman–Crippen LogP) is 3.32. The van der Waals surface area contributed by atoms with Crippen molar-refractivity contribution in [3.63, 3.8) is 0 Å². The van der Waals surface area contributed by atoms with Gasteiger partial charge in [-0.15, -0.1) is 11.3 Å². The zero-order chi connectivity index (χ0) is 19.0. The average Bonchev–Trinajstić information content (AvgIpc) is 3.26. The van der Waals surface area contributed by atoms with Gasteiger partial charge in [0.05, 0.1) is 23.6 Å². The van der Waals surface area contributed by atoms with E-state index in [1.54, 1.807) is 0 Å². The van der Waals surface area contributed by atoms with Gasteiger partial charge in [-0.05, 0) is 18.2 Å². The Labute approximate surface area is 167 Å². The van der Waals surface area contributed by atoms with E-state index in [0.717, 1.165) is 36.4 Å². The van der Waals surface area contributed by atoms with Crippen molar-refractivity contribution in [3.8, 4) is 0 Å². The van der Waals surface area contributed by atoms with Crippen molar-refractivity contribution in [1.82, 2.24) is 19.9 Å². The first-order valence-corrected chi connectivity index (χ1v) is 10.4. The van der Waals surface area contributed by atoms with E-state index in [2.05, 4.69) is 19.9 Å². The second kappa shape index (κ2) is 7.63. The summed E-state index contributed by atoms with van der Waals surface area (Å²) in [6.45, 7) is 4.73. The van der Waals surface area contributed by atoms with Gasteiger partial charge < -0.3 is 19.7 Å². The third kappa shape index (κ3) is 3.62. The van der Waals surface area contributed by atoms with Gasteiger partial charge in [0, 0.05) is 24.2 Å². The summed E-state index contributed by atoms with van der Waals surface area (Å²) in [5, 5.41) is 12.5. The van der Waals surface area contributed by atoms with Gasteiger partial charge in [0.15, 0.2) is 15.2 Å². The van der Waals surface area contributed by atoms with Crippen molar-refractivity contribution >= 4 is 57.5 Å². The highest BCUT2D eigenvalue weighted by Gasteiger charge is 2.23. The molecular formula is C16H16ClN5O3S2. The maximum Gasteiger partial charge on any atom is 0.355 e. The van der Waals surface area contributed by atoms with E-state index < -0.39 is 5.97 Å². The van der Waals surface area contributed by atoms with Crippen LogP contribution in [0.3, 0.4) is 0 Å². The first kappa shape index (κ1) is 18.5. The zero-order valence-corrected chi connectivity index (χ0v) is 16.7. The Morgan fingerprint density at radius 2 is 2.19 bits per heavy atom. The summed E-state index contributed by atoms with van der Waals surface area (Å²) < 4.78 is 6.02. The number of aromatic amines is 1. The number of aromatic carboxylic acids is 1. The van der Waals surface area contributed by atoms with E-state index in [4.69, 9.17) is 26.4 Å². The lowest BCUT2D eigenvalue weighted by atomic mass is 10.2. The number of nitrogens with zero attached hydrogens (tertiary/aromatic N) is 4. The molecule has 0 atom stereocenters. The summed E-state index contributed by atoms with van der Waals surface area (Å²) in [5.41, 5.74) is 1.61. The number of hydrogen-bond acceptors (Lipinski definition) is 8. The number of morpholine rings is 1. The molecule has 0 amide bonds. The van der Waals surface area contributed by atoms with Crippen LogP contribution in [0.5, 0.6) is 0 Å². The number of aryl methyl sites for hydroxylation is 1. The Balaban J connectivity index is 1.77. The Bertz CT molecular complexity index is 1000. The zero-order valence-electron chi connectivity index (χ0n) is 14.4. The van der Waals surface area contributed by atoms with Gasteiger partial charge in [-0.25, -0.2) is 19.7 Å². The van der Waals surface area contributed by atoms with E-state index >= 15 is 0 Å². The Hall–Kier alpha value is -1.88. The smallest absolute Gasteiger partial charge is 0.355 e. The SMILES string of the molecule is CCc1[nH]c2nc(Sc3nc(C(=O)O)cs3)nc(N3CCOCC3)c2c1Cl. The van der Waals surface area contributed by atoms with Crippen LogP contribution in [0.2, 0.25) is 5.02 Å². The Morgan fingerprint density at radius 3 is 2.85 bits per heavy atom. The van der Waals surface area contributed by atoms with Gasteiger partial charge in [-0.3, -0.25) is 0 Å². The van der Waals surface area contributed by atoms with Gasteiger partial charge >= 0.3 is 5.97 Å². The molecule has 0 saturated carbocycles. The van der Waals surface area contributed by atoms with E-state index in [1.165, 1.54) is 28.5 Å². The highest BCUT2D eigenvalue weighted by atomic mass is 35.5. The summed E-state index contributed by atoms with van der Waals surface area (Å²) in [4.78, 5) is 29.9. The summed E-state index contributed by atoms with van der Waals surface area (Å²) in [6, 6.07) is 0. The van der Waals surface area contributed by atoms with Crippen LogP contribution in [0, 0.1) is 0 Å². The number of H-pyrrole nitrogens is 1. The standard InChI is InChI=1S/C16H16ClN5O3S2/c1-2-8-11(17)10-12(18-8)20-15(21-13(10)22-3-5-25-6-4-22)27-16-19-9(7-26-16)14(23)24/h7H,2-6H2,1H3,(H,23,24)(H,18,20,21). The summed E-state index contributed by atoms with van der Waals surface area (Å²) in [6.07, 6.45) is 0.759. The first-order valence-electron chi connectivity index (χ1n) is 8.34. The molecule has 3 aromatic rings. The normalized spacial score (nSPS) is 14.8. The van der Waals surface area contributed by atoms with Crippen molar-refractivity contribution < 1.29 is 14.6 Å². The van der Waals surface area contributed by atoms with Crippen LogP contribution in [-0.2, 0) is 11.2 Å². The topological polar surface area (TPSA) is 104 Å². The third-order valence-electron chi connectivity index (χ3n) is 4.17. The maximum atomic E-state index is 11.0. The monoisotopic (exact) mass is 425 g/mol. The van der Waals surface area contributed by atoms with Crippen molar-refractivity contribution in [3.05, 3.63) is 21.8 Å². The van der Waals surface area contributed by atoms with Crippen molar-refractivity contribution in [2.45, 2.75) is 22.8 Å². The third-order valence-corrected chi connectivity index (χ3v) is 6.39. The molecule has 1 aliphatic heterocycles. The molecule has 1 saturated heterocycles. The van der Waals surface area contributed by atoms with Gasteiger partial charge in [0.2, 0.25) is 0 Å². The van der Waals surface area contributed by atoms with Crippen LogP contribution < -0.4 is 4.90 Å². The molecule has 3 aromatic heterocycles. The van der Waals surface area contributed by atoms with Gasteiger partial charge in [-0.2, -0.15) is 0 Å². The minimum absolute atomic E-state index is 0.0215. The average molecular weight is 426 g/mol. The summed E-state index contributed by atoms with van der Waals surface area (Å²) in [5.74, 6) is -0.283. The fourth-order valence-corrected chi connectivity index (χ4v) is 4.85. The molecular weight excluding hydrogens is 410 g/mol. The van der Waals surface area contributed by atoms with E-state index in [1.807, 2.05) is 6.92 Å². The lowest BCUT2D eigenvalue weighted by molar-refractivity contribution is 0.0691. The van der Waals surface area contributed by atoms with Crippen molar-refractivity contribution in [2.75, 3.05) is 31.2 Å². The largest absolute Gasteiger partial charge is 0.476 e. The minimum atomic E-state index is -1.05. The van der Waals surface area contributed by atoms with E-state index in [-0.39, 0.29) is 5.69 Å². The molecule has 0 radical (unpaired) electrons. The first-order chi connectivity index (χ1) is 13.1. The number of nitrogens with one attached hydrogen (secondary N) is 1. The van der Waals surface area contributed by atoms with Crippen molar-refractivity contribution in [1.29, 1.82) is 0 Å². The van der Waals surface area contributed by atoms with Gasteiger partial charge in [0.1, 0.15) is 11.5 Å². The number of halogens is 1. The molecule has 0 unspecified atom stereocenters. The molecule has 0 aromatic carbocycles. The van der Waals surface area contributed by atoms with E-state index in [0.29, 0.717) is 33.4 Å². The quantitative estimate of drug-likeness (QED) is 0.600. The fraction of sp³-hybridized carbons (Fsp3) is 0.375. The molecule has 27 heavy (non-hydrogen) atoms. The highest BCUT2D eigenvalue weighted by Crippen LogP contribution is 2.37. The molecule has 1 aliphatic rings. The maximum absolute atomic E-state index is 11.0. The van der Waals surface area contributed by atoms with Crippen LogP contribution in [0.4, 0.5) is 5.82 Å².